The zero-order valence-corrected chi connectivity index (χ0v) is 16.1. The molecule has 2 aromatic rings. The fraction of sp³-hybridized carbons (Fsp3) is 0.350. The van der Waals surface area contributed by atoms with Gasteiger partial charge in [-0.05, 0) is 49.2 Å². The number of carbonyl (C=O) groups excluding carboxylic acids is 1. The molecular weight excluding hydrogens is 373 g/mol. The second-order valence-electron chi connectivity index (χ2n) is 6.33. The Bertz CT molecular complexity index is 793. The Morgan fingerprint density at radius 2 is 1.96 bits per heavy atom. The van der Waals surface area contributed by atoms with Gasteiger partial charge in [-0.2, -0.15) is 0 Å². The van der Waals surface area contributed by atoms with E-state index in [0.29, 0.717) is 16.5 Å². The average Bonchev–Trinajstić information content (AvgIpc) is 2.65. The largest absolute Gasteiger partial charge is 0.496 e. The minimum Gasteiger partial charge on any atom is -0.496 e. The molecule has 138 valence electrons. The summed E-state index contributed by atoms with van der Waals surface area (Å²) >= 11 is 7.55. The lowest BCUT2D eigenvalue weighted by Gasteiger charge is -2.22. The molecule has 6 heteroatoms. The average molecular weight is 394 g/mol. The highest BCUT2D eigenvalue weighted by atomic mass is 35.5. The van der Waals surface area contributed by atoms with Crippen molar-refractivity contribution in [2.75, 3.05) is 12.4 Å². The number of thioether (sulfide) groups is 1. The molecular formula is C20H21ClFNO2S. The van der Waals surface area contributed by atoms with Crippen LogP contribution in [0.25, 0.3) is 0 Å². The Kier molecular flexibility index (Phi) is 6.43. The van der Waals surface area contributed by atoms with Crippen molar-refractivity contribution in [3.05, 3.63) is 52.8 Å². The Hall–Kier alpha value is -1.72. The summed E-state index contributed by atoms with van der Waals surface area (Å²) in [6.07, 6.45) is 6.20. The SMILES string of the molecule is COc1ccc(C(=O)Nc2ccc(F)c(Cl)c2)cc1SC1CCCCC1. The summed E-state index contributed by atoms with van der Waals surface area (Å²) in [5.41, 5.74) is 0.989. The first kappa shape index (κ1) is 19.1. The Labute approximate surface area is 162 Å². The first-order chi connectivity index (χ1) is 12.6. The normalized spacial score (nSPS) is 14.9. The molecule has 1 aliphatic carbocycles. The third-order valence-corrected chi connectivity index (χ3v) is 6.12. The van der Waals surface area contributed by atoms with Gasteiger partial charge in [0.15, 0.2) is 0 Å². The van der Waals surface area contributed by atoms with Gasteiger partial charge in [0, 0.05) is 16.5 Å². The number of halogens is 2. The van der Waals surface area contributed by atoms with Gasteiger partial charge in [0.1, 0.15) is 11.6 Å². The molecule has 1 aliphatic rings. The predicted octanol–water partition coefficient (Wildman–Crippen LogP) is 6.16. The van der Waals surface area contributed by atoms with Gasteiger partial charge in [0.2, 0.25) is 0 Å². The Balaban J connectivity index is 1.76. The fourth-order valence-corrected chi connectivity index (χ4v) is 4.62. The quantitative estimate of drug-likeness (QED) is 0.660. The van der Waals surface area contributed by atoms with E-state index in [0.717, 1.165) is 10.6 Å². The molecule has 0 bridgehead atoms. The maximum Gasteiger partial charge on any atom is 0.255 e. The van der Waals surface area contributed by atoms with Crippen LogP contribution >= 0.6 is 23.4 Å². The van der Waals surface area contributed by atoms with Crippen LogP contribution in [0.5, 0.6) is 5.75 Å². The molecule has 0 spiro atoms. The molecule has 0 aliphatic heterocycles. The third-order valence-electron chi connectivity index (χ3n) is 4.45. The molecule has 0 saturated heterocycles. The summed E-state index contributed by atoms with van der Waals surface area (Å²) in [4.78, 5) is 13.5. The molecule has 3 nitrogen and oxygen atoms in total. The lowest BCUT2D eigenvalue weighted by Crippen LogP contribution is -2.13. The third kappa shape index (κ3) is 4.71. The minimum atomic E-state index is -0.514. The van der Waals surface area contributed by atoms with Crippen LogP contribution in [0.3, 0.4) is 0 Å². The first-order valence-corrected chi connectivity index (χ1v) is 9.93. The number of hydrogen-bond acceptors (Lipinski definition) is 3. The summed E-state index contributed by atoms with van der Waals surface area (Å²) < 4.78 is 18.7. The van der Waals surface area contributed by atoms with Crippen LogP contribution in [0.2, 0.25) is 5.02 Å². The van der Waals surface area contributed by atoms with Crippen molar-refractivity contribution in [2.24, 2.45) is 0 Å². The predicted molar refractivity (Wildman–Crippen MR) is 105 cm³/mol. The summed E-state index contributed by atoms with van der Waals surface area (Å²) in [5.74, 6) is 0.00283. The molecule has 1 amide bonds. The number of amides is 1. The topological polar surface area (TPSA) is 38.3 Å². The van der Waals surface area contributed by atoms with Crippen molar-refractivity contribution in [3.8, 4) is 5.75 Å². The van der Waals surface area contributed by atoms with Gasteiger partial charge in [-0.15, -0.1) is 11.8 Å². The maximum atomic E-state index is 13.3. The molecule has 2 aromatic carbocycles. The zero-order chi connectivity index (χ0) is 18.5. The maximum absolute atomic E-state index is 13.3. The van der Waals surface area contributed by atoms with Gasteiger partial charge in [-0.1, -0.05) is 30.9 Å². The summed E-state index contributed by atoms with van der Waals surface area (Å²) in [5, 5.41) is 3.29. The highest BCUT2D eigenvalue weighted by molar-refractivity contribution is 8.00. The van der Waals surface area contributed by atoms with Crippen LogP contribution in [-0.4, -0.2) is 18.3 Å². The highest BCUT2D eigenvalue weighted by Gasteiger charge is 2.18. The molecule has 1 N–H and O–H groups in total. The van der Waals surface area contributed by atoms with E-state index in [9.17, 15) is 9.18 Å². The molecule has 0 aromatic heterocycles. The number of rotatable bonds is 5. The number of methoxy groups -OCH3 is 1. The van der Waals surface area contributed by atoms with E-state index in [-0.39, 0.29) is 10.9 Å². The lowest BCUT2D eigenvalue weighted by atomic mass is 10.0. The van der Waals surface area contributed by atoms with E-state index in [1.807, 2.05) is 12.1 Å². The molecule has 1 fully saturated rings. The van der Waals surface area contributed by atoms with Crippen molar-refractivity contribution in [2.45, 2.75) is 42.2 Å². The van der Waals surface area contributed by atoms with Gasteiger partial charge in [0.25, 0.3) is 5.91 Å². The monoisotopic (exact) mass is 393 g/mol. The summed E-state index contributed by atoms with van der Waals surface area (Å²) in [6.45, 7) is 0. The smallest absolute Gasteiger partial charge is 0.255 e. The van der Waals surface area contributed by atoms with E-state index >= 15 is 0 Å². The molecule has 0 unspecified atom stereocenters. The van der Waals surface area contributed by atoms with Crippen LogP contribution in [0.15, 0.2) is 41.3 Å². The molecule has 0 heterocycles. The second-order valence-corrected chi connectivity index (χ2v) is 8.08. The van der Waals surface area contributed by atoms with E-state index in [1.54, 1.807) is 24.9 Å². The Morgan fingerprint density at radius 3 is 2.65 bits per heavy atom. The highest BCUT2D eigenvalue weighted by Crippen LogP contribution is 2.38. The van der Waals surface area contributed by atoms with E-state index < -0.39 is 5.82 Å². The summed E-state index contributed by atoms with van der Waals surface area (Å²) in [7, 11) is 1.64. The molecule has 26 heavy (non-hydrogen) atoms. The van der Waals surface area contributed by atoms with E-state index in [1.165, 1.54) is 50.3 Å². The molecule has 0 radical (unpaired) electrons. The van der Waals surface area contributed by atoms with Crippen molar-refractivity contribution in [3.63, 3.8) is 0 Å². The zero-order valence-electron chi connectivity index (χ0n) is 14.6. The van der Waals surface area contributed by atoms with Crippen molar-refractivity contribution >= 4 is 35.0 Å². The number of carbonyl (C=O) groups is 1. The first-order valence-electron chi connectivity index (χ1n) is 8.68. The number of nitrogens with one attached hydrogen (secondary N) is 1. The van der Waals surface area contributed by atoms with Crippen molar-refractivity contribution < 1.29 is 13.9 Å². The van der Waals surface area contributed by atoms with Crippen LogP contribution in [-0.2, 0) is 0 Å². The second kappa shape index (κ2) is 8.78. The van der Waals surface area contributed by atoms with Gasteiger partial charge in [-0.3, -0.25) is 4.79 Å². The standard InChI is InChI=1S/C20H21ClFNO2S/c1-25-18-10-7-13(11-19(18)26-15-5-3-2-4-6-15)20(24)23-14-8-9-17(22)16(21)12-14/h7-12,15H,2-6H2,1H3,(H,23,24). The van der Waals surface area contributed by atoms with Gasteiger partial charge in [-0.25, -0.2) is 4.39 Å². The number of hydrogen-bond donors (Lipinski definition) is 1. The summed E-state index contributed by atoms with van der Waals surface area (Å²) in [6, 6.07) is 9.52. The minimum absolute atomic E-state index is 0.0222. The van der Waals surface area contributed by atoms with Crippen LogP contribution in [0, 0.1) is 5.82 Å². The Morgan fingerprint density at radius 1 is 1.19 bits per heavy atom. The van der Waals surface area contributed by atoms with Crippen molar-refractivity contribution in [1.29, 1.82) is 0 Å². The van der Waals surface area contributed by atoms with Gasteiger partial charge in [0.05, 0.1) is 17.0 Å². The number of benzene rings is 2. The molecule has 0 atom stereocenters. The number of ether oxygens (including phenoxy) is 1. The van der Waals surface area contributed by atoms with E-state index in [4.69, 9.17) is 16.3 Å². The lowest BCUT2D eigenvalue weighted by molar-refractivity contribution is 0.102. The van der Waals surface area contributed by atoms with Crippen LogP contribution in [0.1, 0.15) is 42.5 Å². The van der Waals surface area contributed by atoms with Gasteiger partial charge >= 0.3 is 0 Å². The van der Waals surface area contributed by atoms with Crippen LogP contribution in [0.4, 0.5) is 10.1 Å². The van der Waals surface area contributed by atoms with Crippen molar-refractivity contribution in [1.82, 2.24) is 0 Å². The fourth-order valence-electron chi connectivity index (χ4n) is 3.05. The number of anilines is 1. The van der Waals surface area contributed by atoms with E-state index in [2.05, 4.69) is 5.32 Å². The molecule has 1 saturated carbocycles. The van der Waals surface area contributed by atoms with Crippen LogP contribution < -0.4 is 10.1 Å². The van der Waals surface area contributed by atoms with Gasteiger partial charge < -0.3 is 10.1 Å². The molecule has 3 rings (SSSR count).